The topological polar surface area (TPSA) is 29.5 Å². The molecule has 0 heterocycles. The van der Waals surface area contributed by atoms with E-state index in [2.05, 4.69) is 0 Å². The lowest BCUT2D eigenvalue weighted by atomic mass is 10.4. The normalized spacial score (nSPS) is 11.8. The zero-order valence-electron chi connectivity index (χ0n) is 6.29. The second-order valence-electron chi connectivity index (χ2n) is 1.75. The molecule has 0 aromatic carbocycles. The molecular weight excluding hydrogens is 128 g/mol. The summed E-state index contributed by atoms with van der Waals surface area (Å²) in [6, 6.07) is 0. The van der Waals surface area contributed by atoms with Gasteiger partial charge in [0.15, 0.2) is 0 Å². The highest BCUT2D eigenvalue weighted by molar-refractivity contribution is 5.00. The van der Waals surface area contributed by atoms with Crippen LogP contribution in [0.2, 0.25) is 0 Å². The summed E-state index contributed by atoms with van der Waals surface area (Å²) in [6.45, 7) is 3.04. The third-order valence-corrected chi connectivity index (χ3v) is 0.889. The van der Waals surface area contributed by atoms with Crippen LogP contribution >= 0.6 is 0 Å². The minimum Gasteiger partial charge on any atom is -0.394 e. The van der Waals surface area contributed by atoms with Crippen molar-refractivity contribution >= 4 is 0 Å². The fraction of sp³-hybridized carbons (Fsp3) is 0.500. The Balaban J connectivity index is 3.02. The van der Waals surface area contributed by atoms with Crippen LogP contribution in [0.4, 0.5) is 0 Å². The van der Waals surface area contributed by atoms with Crippen LogP contribution in [0.5, 0.6) is 0 Å². The molecule has 0 saturated carbocycles. The molecule has 0 spiro atoms. The lowest BCUT2D eigenvalue weighted by molar-refractivity contribution is 0.112. The molecule has 10 heavy (non-hydrogen) atoms. The van der Waals surface area contributed by atoms with Crippen molar-refractivity contribution in [2.45, 2.75) is 6.92 Å². The maximum Gasteiger partial charge on any atom is 0.0701 e. The molecule has 0 saturated heterocycles. The Kier molecular flexibility index (Phi) is 7.90. The van der Waals surface area contributed by atoms with Crippen molar-refractivity contribution in [1.82, 2.24) is 0 Å². The first-order valence-electron chi connectivity index (χ1n) is 3.38. The van der Waals surface area contributed by atoms with Gasteiger partial charge in [-0.25, -0.2) is 0 Å². The largest absolute Gasteiger partial charge is 0.394 e. The highest BCUT2D eigenvalue weighted by Crippen LogP contribution is 1.78. The number of aliphatic hydroxyl groups excluding tert-OH is 1. The molecule has 0 amide bonds. The molecule has 0 aliphatic carbocycles. The Hall–Kier alpha value is -0.600. The zero-order chi connectivity index (χ0) is 7.66. The second-order valence-corrected chi connectivity index (χ2v) is 1.75. The molecule has 0 bridgehead atoms. The fourth-order valence-corrected chi connectivity index (χ4v) is 0.461. The van der Waals surface area contributed by atoms with Gasteiger partial charge >= 0.3 is 0 Å². The highest BCUT2D eigenvalue weighted by Gasteiger charge is 1.77. The van der Waals surface area contributed by atoms with E-state index in [9.17, 15) is 0 Å². The number of hydrogen-bond donors (Lipinski definition) is 1. The minimum atomic E-state index is 0.0947. The van der Waals surface area contributed by atoms with E-state index in [1.165, 1.54) is 0 Å². The zero-order valence-corrected chi connectivity index (χ0v) is 6.29. The number of ether oxygens (including phenoxy) is 1. The van der Waals surface area contributed by atoms with Crippen LogP contribution in [0.15, 0.2) is 24.3 Å². The SMILES string of the molecule is CC=CC=CCOCCO. The maximum absolute atomic E-state index is 8.31. The third-order valence-electron chi connectivity index (χ3n) is 0.889. The van der Waals surface area contributed by atoms with Crippen LogP contribution < -0.4 is 0 Å². The number of hydrogen-bond acceptors (Lipinski definition) is 2. The molecule has 0 atom stereocenters. The first kappa shape index (κ1) is 9.40. The van der Waals surface area contributed by atoms with Crippen LogP contribution in [0, 0.1) is 0 Å². The van der Waals surface area contributed by atoms with E-state index in [1.54, 1.807) is 0 Å². The van der Waals surface area contributed by atoms with E-state index >= 15 is 0 Å². The van der Waals surface area contributed by atoms with Crippen LogP contribution in [-0.2, 0) is 4.74 Å². The van der Waals surface area contributed by atoms with Gasteiger partial charge in [-0.05, 0) is 6.92 Å². The first-order valence-corrected chi connectivity index (χ1v) is 3.38. The van der Waals surface area contributed by atoms with Crippen LogP contribution in [-0.4, -0.2) is 24.9 Å². The Labute approximate surface area is 61.8 Å². The Morgan fingerprint density at radius 2 is 2.20 bits per heavy atom. The standard InChI is InChI=1S/C8H14O2/c1-2-3-4-5-7-10-8-6-9/h2-5,9H,6-8H2,1H3. The van der Waals surface area contributed by atoms with Crippen molar-refractivity contribution in [3.63, 3.8) is 0 Å². The van der Waals surface area contributed by atoms with Gasteiger partial charge in [0, 0.05) is 0 Å². The van der Waals surface area contributed by atoms with Gasteiger partial charge < -0.3 is 9.84 Å². The molecule has 0 radical (unpaired) electrons. The quantitative estimate of drug-likeness (QED) is 0.460. The molecule has 0 unspecified atom stereocenters. The van der Waals surface area contributed by atoms with E-state index < -0.39 is 0 Å². The van der Waals surface area contributed by atoms with E-state index in [-0.39, 0.29) is 6.61 Å². The Morgan fingerprint density at radius 1 is 1.40 bits per heavy atom. The van der Waals surface area contributed by atoms with Gasteiger partial charge in [0.1, 0.15) is 0 Å². The molecular formula is C8H14O2. The average Bonchev–Trinajstić information content (AvgIpc) is 1.97. The van der Waals surface area contributed by atoms with E-state index in [0.717, 1.165) is 0 Å². The molecule has 58 valence electrons. The van der Waals surface area contributed by atoms with Gasteiger partial charge in [-0.2, -0.15) is 0 Å². The number of allylic oxidation sites excluding steroid dienone is 3. The van der Waals surface area contributed by atoms with Crippen molar-refractivity contribution in [1.29, 1.82) is 0 Å². The molecule has 2 heteroatoms. The smallest absolute Gasteiger partial charge is 0.0701 e. The minimum absolute atomic E-state index is 0.0947. The van der Waals surface area contributed by atoms with Crippen molar-refractivity contribution in [3.05, 3.63) is 24.3 Å². The summed E-state index contributed by atoms with van der Waals surface area (Å²) in [5.74, 6) is 0. The fourth-order valence-electron chi connectivity index (χ4n) is 0.461. The van der Waals surface area contributed by atoms with Gasteiger partial charge in [-0.15, -0.1) is 0 Å². The summed E-state index contributed by atoms with van der Waals surface area (Å²) in [4.78, 5) is 0. The summed E-state index contributed by atoms with van der Waals surface area (Å²) in [6.07, 6.45) is 7.69. The van der Waals surface area contributed by atoms with Crippen LogP contribution in [0.25, 0.3) is 0 Å². The summed E-state index contributed by atoms with van der Waals surface area (Å²) in [5, 5.41) is 8.31. The predicted molar refractivity (Wildman–Crippen MR) is 41.9 cm³/mol. The lowest BCUT2D eigenvalue weighted by Gasteiger charge is -1.93. The molecule has 0 aromatic rings. The summed E-state index contributed by atoms with van der Waals surface area (Å²) in [5.41, 5.74) is 0. The first-order chi connectivity index (χ1) is 4.91. The van der Waals surface area contributed by atoms with Crippen molar-refractivity contribution in [2.24, 2.45) is 0 Å². The molecule has 0 aromatic heterocycles. The van der Waals surface area contributed by atoms with Crippen molar-refractivity contribution in [3.8, 4) is 0 Å². The predicted octanol–water partition coefficient (Wildman–Crippen LogP) is 1.13. The monoisotopic (exact) mass is 142 g/mol. The van der Waals surface area contributed by atoms with Gasteiger partial charge in [-0.3, -0.25) is 0 Å². The lowest BCUT2D eigenvalue weighted by Crippen LogP contribution is -1.97. The molecule has 0 rings (SSSR count). The van der Waals surface area contributed by atoms with Crippen LogP contribution in [0.3, 0.4) is 0 Å². The van der Waals surface area contributed by atoms with Gasteiger partial charge in [-0.1, -0.05) is 24.3 Å². The Bertz CT molecular complexity index is 106. The maximum atomic E-state index is 8.31. The van der Waals surface area contributed by atoms with E-state index in [4.69, 9.17) is 9.84 Å². The van der Waals surface area contributed by atoms with Gasteiger partial charge in [0.2, 0.25) is 0 Å². The molecule has 2 nitrogen and oxygen atoms in total. The van der Waals surface area contributed by atoms with Crippen molar-refractivity contribution < 1.29 is 9.84 Å². The summed E-state index contributed by atoms with van der Waals surface area (Å²) < 4.78 is 4.96. The third kappa shape index (κ3) is 7.40. The van der Waals surface area contributed by atoms with E-state index in [0.29, 0.717) is 13.2 Å². The molecule has 0 aliphatic heterocycles. The van der Waals surface area contributed by atoms with E-state index in [1.807, 2.05) is 31.2 Å². The Morgan fingerprint density at radius 3 is 2.80 bits per heavy atom. The molecule has 1 N–H and O–H groups in total. The summed E-state index contributed by atoms with van der Waals surface area (Å²) >= 11 is 0. The molecule has 0 fully saturated rings. The summed E-state index contributed by atoms with van der Waals surface area (Å²) in [7, 11) is 0. The van der Waals surface area contributed by atoms with Gasteiger partial charge in [0.05, 0.1) is 19.8 Å². The number of aliphatic hydroxyl groups is 1. The van der Waals surface area contributed by atoms with Gasteiger partial charge in [0.25, 0.3) is 0 Å². The van der Waals surface area contributed by atoms with Crippen LogP contribution in [0.1, 0.15) is 6.92 Å². The second kappa shape index (κ2) is 8.40. The number of rotatable bonds is 5. The average molecular weight is 142 g/mol. The highest BCUT2D eigenvalue weighted by atomic mass is 16.5. The van der Waals surface area contributed by atoms with Crippen molar-refractivity contribution in [2.75, 3.05) is 19.8 Å². The molecule has 0 aliphatic rings.